The van der Waals surface area contributed by atoms with Crippen LogP contribution in [0.5, 0.6) is 0 Å². The molecule has 0 aliphatic carbocycles. The van der Waals surface area contributed by atoms with Gasteiger partial charge in [-0.3, -0.25) is 14.2 Å². The van der Waals surface area contributed by atoms with E-state index in [-0.39, 0.29) is 33.3 Å². The monoisotopic (exact) mass is 412 g/mol. The van der Waals surface area contributed by atoms with Gasteiger partial charge in [0.1, 0.15) is 28.0 Å². The first-order valence-electron chi connectivity index (χ1n) is 8.39. The Hall–Kier alpha value is -3.84. The van der Waals surface area contributed by atoms with Crippen molar-refractivity contribution in [3.05, 3.63) is 58.4 Å². The Labute approximate surface area is 169 Å². The molecule has 1 atom stereocenters. The van der Waals surface area contributed by atoms with E-state index < -0.39 is 23.9 Å². The highest BCUT2D eigenvalue weighted by Gasteiger charge is 2.29. The van der Waals surface area contributed by atoms with E-state index in [2.05, 4.69) is 5.32 Å². The van der Waals surface area contributed by atoms with Crippen molar-refractivity contribution in [3.63, 3.8) is 0 Å². The number of aromatic nitrogens is 1. The lowest BCUT2D eigenvalue weighted by Gasteiger charge is -2.13. The number of nitrogens with two attached hydrogens (primary N) is 1. The first-order valence-corrected chi connectivity index (χ1v) is 9.27. The molecule has 0 fully saturated rings. The Bertz CT molecular complexity index is 1120. The molecule has 3 aromatic heterocycles. The molecule has 2 amide bonds. The molecule has 0 unspecified atom stereocenters. The number of nitrogens with one attached hydrogen (secondary N) is 1. The van der Waals surface area contributed by atoms with Crippen LogP contribution in [-0.2, 0) is 9.53 Å². The molecule has 0 aromatic carbocycles. The summed E-state index contributed by atoms with van der Waals surface area (Å²) in [7, 11) is 0. The zero-order chi connectivity index (χ0) is 21.1. The van der Waals surface area contributed by atoms with E-state index >= 15 is 0 Å². The van der Waals surface area contributed by atoms with Crippen LogP contribution in [0.25, 0.3) is 5.88 Å². The van der Waals surface area contributed by atoms with Crippen molar-refractivity contribution in [1.29, 1.82) is 5.26 Å². The number of hydrogen-bond donors (Lipinski definition) is 2. The molecule has 10 heteroatoms. The maximum atomic E-state index is 12.6. The van der Waals surface area contributed by atoms with Crippen LogP contribution >= 0.6 is 11.3 Å². The number of carbonyl (C=O) groups is 3. The van der Waals surface area contributed by atoms with E-state index in [1.165, 1.54) is 19.9 Å². The lowest BCUT2D eigenvalue weighted by Crippen LogP contribution is -2.30. The number of hydrogen-bond acceptors (Lipinski definition) is 7. The molecule has 3 N–H and O–H groups in total. The van der Waals surface area contributed by atoms with E-state index in [4.69, 9.17) is 14.9 Å². The highest BCUT2D eigenvalue weighted by Crippen LogP contribution is 2.27. The normalized spacial score (nSPS) is 11.5. The van der Waals surface area contributed by atoms with Crippen LogP contribution in [0.4, 0.5) is 5.00 Å². The molecule has 0 spiro atoms. The minimum Gasteiger partial charge on any atom is -0.449 e. The average Bonchev–Trinajstić information content (AvgIpc) is 3.40. The molecule has 3 heterocycles. The fraction of sp³-hybridized carbons (Fsp3) is 0.158. The number of rotatable bonds is 6. The highest BCUT2D eigenvalue weighted by molar-refractivity contribution is 7.14. The number of carbonyl (C=O) groups excluding carboxylic acids is 3. The molecule has 0 aliphatic heterocycles. The smallest absolute Gasteiger partial charge is 0.343 e. The predicted octanol–water partition coefficient (Wildman–Crippen LogP) is 2.59. The van der Waals surface area contributed by atoms with Crippen molar-refractivity contribution in [2.45, 2.75) is 20.0 Å². The minimum atomic E-state index is -1.19. The molecule has 9 nitrogen and oxygen atoms in total. The standard InChI is InChI=1S/C19H16N4O5S/c1-10-14(13(9-20)18(27-10)23-6-3-4-7-23)19(26)28-11(2)16(25)22-17-12(15(21)24)5-8-29-17/h3-8,11H,1-2H3,(H2,21,24)(H,22,25)/t11-/m0/s1. The van der Waals surface area contributed by atoms with Gasteiger partial charge < -0.3 is 20.2 Å². The largest absolute Gasteiger partial charge is 0.449 e. The number of ether oxygens (including phenoxy) is 1. The maximum Gasteiger partial charge on any atom is 0.343 e. The number of thiophene rings is 1. The zero-order valence-corrected chi connectivity index (χ0v) is 16.3. The molecule has 3 rings (SSSR count). The van der Waals surface area contributed by atoms with Crippen molar-refractivity contribution in [2.24, 2.45) is 5.73 Å². The molecule has 0 saturated heterocycles. The Morgan fingerprint density at radius 3 is 2.66 bits per heavy atom. The Morgan fingerprint density at radius 2 is 2.03 bits per heavy atom. The van der Waals surface area contributed by atoms with Crippen LogP contribution in [0.2, 0.25) is 0 Å². The van der Waals surface area contributed by atoms with Crippen LogP contribution in [0.15, 0.2) is 40.4 Å². The zero-order valence-electron chi connectivity index (χ0n) is 15.5. The minimum absolute atomic E-state index is 0.00517. The summed E-state index contributed by atoms with van der Waals surface area (Å²) in [5.41, 5.74) is 5.36. The van der Waals surface area contributed by atoms with Crippen LogP contribution in [0.3, 0.4) is 0 Å². The van der Waals surface area contributed by atoms with Gasteiger partial charge in [-0.15, -0.1) is 11.3 Å². The topological polar surface area (TPSA) is 140 Å². The quantitative estimate of drug-likeness (QED) is 0.596. The number of primary amides is 1. The van der Waals surface area contributed by atoms with Crippen molar-refractivity contribution in [1.82, 2.24) is 4.57 Å². The van der Waals surface area contributed by atoms with Gasteiger partial charge in [-0.2, -0.15) is 5.26 Å². The number of amides is 2. The van der Waals surface area contributed by atoms with E-state index in [9.17, 15) is 19.6 Å². The van der Waals surface area contributed by atoms with Crippen molar-refractivity contribution in [3.8, 4) is 12.0 Å². The van der Waals surface area contributed by atoms with Gasteiger partial charge in [-0.05, 0) is 37.4 Å². The second-order valence-corrected chi connectivity index (χ2v) is 6.90. The van der Waals surface area contributed by atoms with Crippen LogP contribution < -0.4 is 11.1 Å². The molecule has 29 heavy (non-hydrogen) atoms. The highest BCUT2D eigenvalue weighted by atomic mass is 32.1. The number of aryl methyl sites for hydroxylation is 1. The summed E-state index contributed by atoms with van der Waals surface area (Å²) >= 11 is 1.12. The van der Waals surface area contributed by atoms with Crippen molar-refractivity contribution in [2.75, 3.05) is 5.32 Å². The van der Waals surface area contributed by atoms with E-state index in [0.717, 1.165) is 11.3 Å². The van der Waals surface area contributed by atoms with Gasteiger partial charge >= 0.3 is 5.97 Å². The summed E-state index contributed by atoms with van der Waals surface area (Å²) in [5, 5.41) is 13.9. The molecule has 0 aliphatic rings. The number of nitriles is 1. The summed E-state index contributed by atoms with van der Waals surface area (Å²) in [6.45, 7) is 2.90. The van der Waals surface area contributed by atoms with Gasteiger partial charge in [0, 0.05) is 12.4 Å². The Balaban J connectivity index is 1.78. The van der Waals surface area contributed by atoms with Crippen molar-refractivity contribution >= 4 is 34.1 Å². The molecule has 0 bridgehead atoms. The van der Waals surface area contributed by atoms with Gasteiger partial charge in [0.25, 0.3) is 11.8 Å². The molecule has 3 aromatic rings. The molecular weight excluding hydrogens is 396 g/mol. The van der Waals surface area contributed by atoms with Gasteiger partial charge in [-0.25, -0.2) is 4.79 Å². The lowest BCUT2D eigenvalue weighted by molar-refractivity contribution is -0.123. The average molecular weight is 412 g/mol. The molecule has 0 saturated carbocycles. The first kappa shape index (κ1) is 19.9. The van der Waals surface area contributed by atoms with E-state index in [1.54, 1.807) is 34.5 Å². The summed E-state index contributed by atoms with van der Waals surface area (Å²) in [4.78, 5) is 36.3. The first-order chi connectivity index (χ1) is 13.8. The SMILES string of the molecule is Cc1oc(-n2cccc2)c(C#N)c1C(=O)O[C@@H](C)C(=O)Nc1sccc1C(N)=O. The third-order valence-corrected chi connectivity index (χ3v) is 4.87. The van der Waals surface area contributed by atoms with Crippen molar-refractivity contribution < 1.29 is 23.5 Å². The molecule has 0 radical (unpaired) electrons. The van der Waals surface area contributed by atoms with Crippen LogP contribution in [-0.4, -0.2) is 28.5 Å². The lowest BCUT2D eigenvalue weighted by atomic mass is 10.1. The van der Waals surface area contributed by atoms with Crippen LogP contribution in [0.1, 0.15) is 39.0 Å². The summed E-state index contributed by atoms with van der Waals surface area (Å²) in [6.07, 6.45) is 2.14. The van der Waals surface area contributed by atoms with Crippen LogP contribution in [0, 0.1) is 18.3 Å². The summed E-state index contributed by atoms with van der Waals surface area (Å²) in [6, 6.07) is 6.92. The van der Waals surface area contributed by atoms with Gasteiger partial charge in [0.05, 0.1) is 5.56 Å². The molecular formula is C19H16N4O5S. The number of furan rings is 1. The summed E-state index contributed by atoms with van der Waals surface area (Å²) in [5.74, 6) is -1.82. The second-order valence-electron chi connectivity index (χ2n) is 5.98. The van der Waals surface area contributed by atoms with E-state index in [0.29, 0.717) is 0 Å². The van der Waals surface area contributed by atoms with E-state index in [1.807, 2.05) is 6.07 Å². The molecule has 148 valence electrons. The number of nitrogens with zero attached hydrogens (tertiary/aromatic N) is 2. The Morgan fingerprint density at radius 1 is 1.34 bits per heavy atom. The number of esters is 1. The number of anilines is 1. The summed E-state index contributed by atoms with van der Waals surface area (Å²) < 4.78 is 12.3. The third kappa shape index (κ3) is 3.90. The predicted molar refractivity (Wildman–Crippen MR) is 104 cm³/mol. The third-order valence-electron chi connectivity index (χ3n) is 4.04. The fourth-order valence-corrected chi connectivity index (χ4v) is 3.41. The van der Waals surface area contributed by atoms with Gasteiger partial charge in [0.2, 0.25) is 5.88 Å². The van der Waals surface area contributed by atoms with Gasteiger partial charge in [0.15, 0.2) is 6.10 Å². The fourth-order valence-electron chi connectivity index (χ4n) is 2.62. The second kappa shape index (κ2) is 8.04. The van der Waals surface area contributed by atoms with Gasteiger partial charge in [-0.1, -0.05) is 0 Å². The Kier molecular flexibility index (Phi) is 5.52. The maximum absolute atomic E-state index is 12.6.